The maximum absolute atomic E-state index is 3.28. The Balaban J connectivity index is 2.45. The van der Waals surface area contributed by atoms with Crippen LogP contribution in [0.1, 0.15) is 32.6 Å². The predicted molar refractivity (Wildman–Crippen MR) is 53.2 cm³/mol. The molecule has 0 spiro atoms. The van der Waals surface area contributed by atoms with Gasteiger partial charge in [0.1, 0.15) is 0 Å². The van der Waals surface area contributed by atoms with Crippen LogP contribution in [0.25, 0.3) is 0 Å². The van der Waals surface area contributed by atoms with Crippen LogP contribution >= 0.6 is 22.6 Å². The zero-order valence-electron chi connectivity index (χ0n) is 6.36. The quantitative estimate of drug-likeness (QED) is 0.351. The Morgan fingerprint density at radius 2 is 2.00 bits per heavy atom. The molecule has 56 valence electrons. The molecule has 1 heteroatoms. The first-order valence-electron chi connectivity index (χ1n) is 3.91. The highest BCUT2D eigenvalue weighted by atomic mass is 127. The van der Waals surface area contributed by atoms with E-state index < -0.39 is 0 Å². The standard InChI is InChI=1S/C9H13I/c1-2-5-8-6-3-4-7-9(8)10/h8-9H,3-4,6-7H2,1H3. The molecule has 1 rings (SSSR count). The Morgan fingerprint density at radius 1 is 1.30 bits per heavy atom. The lowest BCUT2D eigenvalue weighted by molar-refractivity contribution is 0.455. The smallest absolute Gasteiger partial charge is 0.0320 e. The molecule has 0 bridgehead atoms. The van der Waals surface area contributed by atoms with Crippen molar-refractivity contribution < 1.29 is 0 Å². The van der Waals surface area contributed by atoms with Gasteiger partial charge in [-0.1, -0.05) is 41.4 Å². The van der Waals surface area contributed by atoms with Gasteiger partial charge in [0.05, 0.1) is 0 Å². The largest absolute Gasteiger partial charge is 0.106 e. The molecule has 0 nitrogen and oxygen atoms in total. The van der Waals surface area contributed by atoms with Crippen molar-refractivity contribution in [2.75, 3.05) is 0 Å². The minimum Gasteiger partial charge on any atom is -0.106 e. The van der Waals surface area contributed by atoms with Gasteiger partial charge >= 0.3 is 0 Å². The second-order valence-corrected chi connectivity index (χ2v) is 4.40. The van der Waals surface area contributed by atoms with Gasteiger partial charge in [0.2, 0.25) is 0 Å². The van der Waals surface area contributed by atoms with Gasteiger partial charge in [0.15, 0.2) is 0 Å². The number of halogens is 1. The maximum Gasteiger partial charge on any atom is 0.0320 e. The van der Waals surface area contributed by atoms with Crippen LogP contribution in [0.2, 0.25) is 0 Å². The first kappa shape index (κ1) is 8.39. The summed E-state index contributed by atoms with van der Waals surface area (Å²) in [5.41, 5.74) is 0. The highest BCUT2D eigenvalue weighted by Gasteiger charge is 2.19. The molecule has 1 saturated carbocycles. The Bertz CT molecular complexity index is 152. The van der Waals surface area contributed by atoms with E-state index in [-0.39, 0.29) is 0 Å². The summed E-state index contributed by atoms with van der Waals surface area (Å²) < 4.78 is 0.818. The molecule has 1 aliphatic carbocycles. The third-order valence-corrected chi connectivity index (χ3v) is 3.50. The van der Waals surface area contributed by atoms with E-state index in [0.717, 1.165) is 3.92 Å². The van der Waals surface area contributed by atoms with Crippen molar-refractivity contribution in [2.24, 2.45) is 5.92 Å². The van der Waals surface area contributed by atoms with Crippen molar-refractivity contribution in [1.82, 2.24) is 0 Å². The molecule has 2 unspecified atom stereocenters. The van der Waals surface area contributed by atoms with E-state index >= 15 is 0 Å². The molecule has 0 aromatic heterocycles. The van der Waals surface area contributed by atoms with Crippen molar-refractivity contribution >= 4 is 22.6 Å². The molecular weight excluding hydrogens is 235 g/mol. The van der Waals surface area contributed by atoms with Crippen molar-refractivity contribution in [3.63, 3.8) is 0 Å². The van der Waals surface area contributed by atoms with Gasteiger partial charge in [-0.25, -0.2) is 0 Å². The number of hydrogen-bond donors (Lipinski definition) is 0. The molecule has 0 heterocycles. The van der Waals surface area contributed by atoms with Crippen LogP contribution in [0, 0.1) is 17.8 Å². The van der Waals surface area contributed by atoms with Gasteiger partial charge in [-0.2, -0.15) is 0 Å². The fourth-order valence-corrected chi connectivity index (χ4v) is 2.41. The first-order valence-corrected chi connectivity index (χ1v) is 5.15. The lowest BCUT2D eigenvalue weighted by Gasteiger charge is -2.22. The normalized spacial score (nSPS) is 32.6. The van der Waals surface area contributed by atoms with Gasteiger partial charge in [0, 0.05) is 9.84 Å². The minimum atomic E-state index is 0.694. The predicted octanol–water partition coefficient (Wildman–Crippen LogP) is 3.00. The molecular formula is C9H13I. The van der Waals surface area contributed by atoms with E-state index in [9.17, 15) is 0 Å². The second-order valence-electron chi connectivity index (χ2n) is 2.80. The van der Waals surface area contributed by atoms with Gasteiger partial charge in [0.25, 0.3) is 0 Å². The summed E-state index contributed by atoms with van der Waals surface area (Å²) in [5.74, 6) is 6.98. The van der Waals surface area contributed by atoms with Gasteiger partial charge < -0.3 is 0 Å². The molecule has 1 aliphatic rings. The Kier molecular flexibility index (Phi) is 3.55. The fraction of sp³-hybridized carbons (Fsp3) is 0.778. The minimum absolute atomic E-state index is 0.694. The molecule has 0 aromatic rings. The van der Waals surface area contributed by atoms with E-state index in [1.807, 2.05) is 6.92 Å². The molecule has 0 amide bonds. The number of alkyl halides is 1. The zero-order valence-corrected chi connectivity index (χ0v) is 8.52. The van der Waals surface area contributed by atoms with Gasteiger partial charge in [-0.05, 0) is 19.8 Å². The molecule has 0 aromatic carbocycles. The van der Waals surface area contributed by atoms with E-state index in [1.165, 1.54) is 25.7 Å². The van der Waals surface area contributed by atoms with E-state index in [4.69, 9.17) is 0 Å². The highest BCUT2D eigenvalue weighted by molar-refractivity contribution is 14.1. The lowest BCUT2D eigenvalue weighted by Crippen LogP contribution is -2.16. The zero-order chi connectivity index (χ0) is 7.40. The van der Waals surface area contributed by atoms with Crippen molar-refractivity contribution in [2.45, 2.75) is 36.5 Å². The van der Waals surface area contributed by atoms with Crippen molar-refractivity contribution in [3.8, 4) is 11.8 Å². The Morgan fingerprint density at radius 3 is 2.60 bits per heavy atom. The first-order chi connectivity index (χ1) is 4.84. The van der Waals surface area contributed by atoms with E-state index in [0.29, 0.717) is 5.92 Å². The molecule has 1 fully saturated rings. The SMILES string of the molecule is CC#CC1CCCCC1I. The average Bonchev–Trinajstić information content (AvgIpc) is 1.94. The van der Waals surface area contributed by atoms with E-state index in [1.54, 1.807) is 0 Å². The molecule has 0 N–H and O–H groups in total. The summed E-state index contributed by atoms with van der Waals surface area (Å²) in [4.78, 5) is 0. The summed E-state index contributed by atoms with van der Waals surface area (Å²) in [6.07, 6.45) is 5.50. The van der Waals surface area contributed by atoms with Crippen LogP contribution in [0.5, 0.6) is 0 Å². The van der Waals surface area contributed by atoms with E-state index in [2.05, 4.69) is 34.4 Å². The topological polar surface area (TPSA) is 0 Å². The van der Waals surface area contributed by atoms with Crippen molar-refractivity contribution in [1.29, 1.82) is 0 Å². The van der Waals surface area contributed by atoms with Crippen molar-refractivity contribution in [3.05, 3.63) is 0 Å². The van der Waals surface area contributed by atoms with Crippen LogP contribution in [0.4, 0.5) is 0 Å². The van der Waals surface area contributed by atoms with Crippen LogP contribution in [0.15, 0.2) is 0 Å². The summed E-state index contributed by atoms with van der Waals surface area (Å²) in [6.45, 7) is 1.94. The van der Waals surface area contributed by atoms with Crippen LogP contribution < -0.4 is 0 Å². The molecule has 0 radical (unpaired) electrons. The van der Waals surface area contributed by atoms with Gasteiger partial charge in [-0.15, -0.1) is 5.92 Å². The summed E-state index contributed by atoms with van der Waals surface area (Å²) >= 11 is 2.54. The second kappa shape index (κ2) is 4.23. The molecule has 0 aliphatic heterocycles. The lowest BCUT2D eigenvalue weighted by atomic mass is 9.90. The Labute approximate surface area is 76.9 Å². The van der Waals surface area contributed by atoms with Crippen LogP contribution in [0.3, 0.4) is 0 Å². The molecule has 10 heavy (non-hydrogen) atoms. The number of hydrogen-bond acceptors (Lipinski definition) is 0. The molecule has 0 saturated heterocycles. The number of rotatable bonds is 0. The Hall–Kier alpha value is 0.290. The summed E-state index contributed by atoms with van der Waals surface area (Å²) in [7, 11) is 0. The van der Waals surface area contributed by atoms with Crippen LogP contribution in [-0.4, -0.2) is 3.92 Å². The average molecular weight is 248 g/mol. The fourth-order valence-electron chi connectivity index (χ4n) is 1.43. The van der Waals surface area contributed by atoms with Crippen LogP contribution in [-0.2, 0) is 0 Å². The highest BCUT2D eigenvalue weighted by Crippen LogP contribution is 2.29. The third-order valence-electron chi connectivity index (χ3n) is 2.01. The third kappa shape index (κ3) is 2.16. The summed E-state index contributed by atoms with van der Waals surface area (Å²) in [5, 5.41) is 0. The maximum atomic E-state index is 3.28. The monoisotopic (exact) mass is 248 g/mol. The van der Waals surface area contributed by atoms with Gasteiger partial charge in [-0.3, -0.25) is 0 Å². The molecule has 2 atom stereocenters. The summed E-state index contributed by atoms with van der Waals surface area (Å²) in [6, 6.07) is 0.